The lowest BCUT2D eigenvalue weighted by Crippen LogP contribution is -2.31. The van der Waals surface area contributed by atoms with Gasteiger partial charge in [-0.15, -0.1) is 0 Å². The molecule has 1 rings (SSSR count). The molecule has 0 bridgehead atoms. The highest BCUT2D eigenvalue weighted by molar-refractivity contribution is 5.50. The zero-order chi connectivity index (χ0) is 23.0. The second kappa shape index (κ2) is 23.2. The Balaban J connectivity index is 0.00000436. The van der Waals surface area contributed by atoms with E-state index in [0.717, 1.165) is 24.5 Å². The number of anilines is 1. The van der Waals surface area contributed by atoms with E-state index in [1.165, 1.54) is 0 Å². The normalized spacial score (nSPS) is 10.5. The summed E-state index contributed by atoms with van der Waals surface area (Å²) in [5, 5.41) is 0. The van der Waals surface area contributed by atoms with Crippen LogP contribution in [0.15, 0.2) is 24.3 Å². The van der Waals surface area contributed by atoms with Crippen LogP contribution in [0.4, 0.5) is 5.69 Å². The van der Waals surface area contributed by atoms with Crippen molar-refractivity contribution in [2.75, 3.05) is 105 Å². The van der Waals surface area contributed by atoms with Gasteiger partial charge in [0.25, 0.3) is 0 Å². The van der Waals surface area contributed by atoms with Crippen LogP contribution in [0, 0.1) is 0 Å². The van der Waals surface area contributed by atoms with Crippen LogP contribution in [0.3, 0.4) is 0 Å². The first-order valence-corrected chi connectivity index (χ1v) is 11.0. The molecule has 0 atom stereocenters. The van der Waals surface area contributed by atoms with Gasteiger partial charge >= 0.3 is 0 Å². The minimum atomic E-state index is 0.560. The van der Waals surface area contributed by atoms with Crippen LogP contribution in [0.1, 0.15) is 13.8 Å². The van der Waals surface area contributed by atoms with E-state index in [0.29, 0.717) is 66.1 Å². The first-order chi connectivity index (χ1) is 15.3. The third-order valence-electron chi connectivity index (χ3n) is 4.04. The first kappa shape index (κ1) is 29.6. The van der Waals surface area contributed by atoms with Gasteiger partial charge in [0.05, 0.1) is 73.2 Å². The average Bonchev–Trinajstić information content (AvgIpc) is 2.82. The standard InChI is InChI=1S/C21H37NO7.C2H6/c1-23-11-13-28-17-15-26-9-7-22(20-5-4-6-21(19-20)25-3)8-10-27-16-18-29-14-12-24-2;1-2/h4-6,19H,7-18H2,1-3H3;1-2H3. The van der Waals surface area contributed by atoms with Gasteiger partial charge < -0.3 is 38.1 Å². The van der Waals surface area contributed by atoms with Gasteiger partial charge in [0, 0.05) is 39.1 Å². The largest absolute Gasteiger partial charge is 0.497 e. The predicted molar refractivity (Wildman–Crippen MR) is 124 cm³/mol. The fourth-order valence-electron chi connectivity index (χ4n) is 2.46. The highest BCUT2D eigenvalue weighted by Gasteiger charge is 2.08. The van der Waals surface area contributed by atoms with Crippen molar-refractivity contribution >= 4 is 5.69 Å². The number of nitrogens with zero attached hydrogens (tertiary/aromatic N) is 1. The molecule has 8 heteroatoms. The number of hydrogen-bond donors (Lipinski definition) is 0. The Labute approximate surface area is 188 Å². The van der Waals surface area contributed by atoms with Crippen LogP contribution in [-0.2, 0) is 28.4 Å². The van der Waals surface area contributed by atoms with Gasteiger partial charge in [-0.25, -0.2) is 0 Å². The van der Waals surface area contributed by atoms with E-state index in [1.54, 1.807) is 21.3 Å². The van der Waals surface area contributed by atoms with Crippen molar-refractivity contribution < 1.29 is 33.2 Å². The van der Waals surface area contributed by atoms with E-state index < -0.39 is 0 Å². The summed E-state index contributed by atoms with van der Waals surface area (Å²) in [6.45, 7) is 11.3. The summed E-state index contributed by atoms with van der Waals surface area (Å²) in [6.07, 6.45) is 0. The lowest BCUT2D eigenvalue weighted by molar-refractivity contribution is 0.0235. The minimum Gasteiger partial charge on any atom is -0.497 e. The van der Waals surface area contributed by atoms with Crippen LogP contribution in [-0.4, -0.2) is 100 Å². The minimum absolute atomic E-state index is 0.560. The van der Waals surface area contributed by atoms with Crippen molar-refractivity contribution in [1.82, 2.24) is 0 Å². The van der Waals surface area contributed by atoms with Crippen molar-refractivity contribution in [3.05, 3.63) is 24.3 Å². The van der Waals surface area contributed by atoms with Crippen molar-refractivity contribution in [3.63, 3.8) is 0 Å². The number of hydrogen-bond acceptors (Lipinski definition) is 8. The summed E-state index contributed by atoms with van der Waals surface area (Å²) in [6, 6.07) is 7.99. The molecule has 1 aromatic rings. The second-order valence-electron chi connectivity index (χ2n) is 6.12. The van der Waals surface area contributed by atoms with E-state index >= 15 is 0 Å². The van der Waals surface area contributed by atoms with Gasteiger partial charge in [-0.05, 0) is 12.1 Å². The van der Waals surface area contributed by atoms with Crippen molar-refractivity contribution in [2.45, 2.75) is 13.8 Å². The fourth-order valence-corrected chi connectivity index (χ4v) is 2.46. The van der Waals surface area contributed by atoms with Gasteiger partial charge in [-0.2, -0.15) is 0 Å². The van der Waals surface area contributed by atoms with E-state index in [4.69, 9.17) is 33.2 Å². The summed E-state index contributed by atoms with van der Waals surface area (Å²) >= 11 is 0. The van der Waals surface area contributed by atoms with Crippen molar-refractivity contribution in [1.29, 1.82) is 0 Å². The quantitative estimate of drug-likeness (QED) is 0.284. The SMILES string of the molecule is CC.COCCOCCOCCN(CCOCCOCCOC)c1cccc(OC)c1. The molecule has 0 spiro atoms. The monoisotopic (exact) mass is 445 g/mol. The molecule has 0 saturated carbocycles. The predicted octanol–water partition coefficient (Wildman–Crippen LogP) is 2.89. The molecule has 8 nitrogen and oxygen atoms in total. The molecule has 0 aliphatic carbocycles. The first-order valence-electron chi connectivity index (χ1n) is 11.0. The van der Waals surface area contributed by atoms with Gasteiger partial charge in [-0.1, -0.05) is 19.9 Å². The smallest absolute Gasteiger partial charge is 0.120 e. The maximum atomic E-state index is 5.69. The van der Waals surface area contributed by atoms with Crippen LogP contribution < -0.4 is 9.64 Å². The Morgan fingerprint density at radius 3 is 1.52 bits per heavy atom. The van der Waals surface area contributed by atoms with E-state index in [2.05, 4.69) is 11.0 Å². The van der Waals surface area contributed by atoms with Gasteiger partial charge in [-0.3, -0.25) is 0 Å². The zero-order valence-corrected chi connectivity index (χ0v) is 20.1. The molecule has 0 fully saturated rings. The summed E-state index contributed by atoms with van der Waals surface area (Å²) in [4.78, 5) is 2.22. The maximum Gasteiger partial charge on any atom is 0.120 e. The number of benzene rings is 1. The summed E-state index contributed by atoms with van der Waals surface area (Å²) < 4.78 is 37.4. The molecule has 0 aliphatic heterocycles. The molecular weight excluding hydrogens is 402 g/mol. The molecule has 0 radical (unpaired) electrons. The molecule has 0 amide bonds. The Kier molecular flexibility index (Phi) is 22.2. The Hall–Kier alpha value is -1.42. The molecular formula is C23H43NO7. The lowest BCUT2D eigenvalue weighted by atomic mass is 10.2. The van der Waals surface area contributed by atoms with E-state index in [1.807, 2.05) is 32.0 Å². The average molecular weight is 446 g/mol. The zero-order valence-electron chi connectivity index (χ0n) is 20.1. The molecule has 0 heterocycles. The van der Waals surface area contributed by atoms with Crippen LogP contribution in [0.2, 0.25) is 0 Å². The number of ether oxygens (including phenoxy) is 7. The Bertz CT molecular complexity index is 471. The maximum absolute atomic E-state index is 5.69. The van der Waals surface area contributed by atoms with Gasteiger partial charge in [0.15, 0.2) is 0 Å². The molecule has 0 aliphatic rings. The summed E-state index contributed by atoms with van der Waals surface area (Å²) in [5.41, 5.74) is 1.07. The topological polar surface area (TPSA) is 67.9 Å². The van der Waals surface area contributed by atoms with Gasteiger partial charge in [0.2, 0.25) is 0 Å². The highest BCUT2D eigenvalue weighted by Crippen LogP contribution is 2.20. The third-order valence-corrected chi connectivity index (χ3v) is 4.04. The molecule has 1 aromatic carbocycles. The fraction of sp³-hybridized carbons (Fsp3) is 0.739. The van der Waals surface area contributed by atoms with Crippen molar-refractivity contribution in [3.8, 4) is 5.75 Å². The van der Waals surface area contributed by atoms with Crippen molar-refractivity contribution in [2.24, 2.45) is 0 Å². The van der Waals surface area contributed by atoms with Crippen LogP contribution in [0.5, 0.6) is 5.75 Å². The lowest BCUT2D eigenvalue weighted by Gasteiger charge is -2.25. The summed E-state index contributed by atoms with van der Waals surface area (Å²) in [7, 11) is 4.99. The molecule has 0 aromatic heterocycles. The number of rotatable bonds is 20. The third kappa shape index (κ3) is 16.9. The Morgan fingerprint density at radius 2 is 1.06 bits per heavy atom. The van der Waals surface area contributed by atoms with E-state index in [9.17, 15) is 0 Å². The highest BCUT2D eigenvalue weighted by atomic mass is 16.5. The molecule has 0 saturated heterocycles. The molecule has 182 valence electrons. The van der Waals surface area contributed by atoms with Crippen LogP contribution in [0.25, 0.3) is 0 Å². The molecule has 0 unspecified atom stereocenters. The van der Waals surface area contributed by atoms with Crippen LogP contribution >= 0.6 is 0 Å². The summed E-state index contributed by atoms with van der Waals surface area (Å²) in [5.74, 6) is 0.826. The second-order valence-corrected chi connectivity index (χ2v) is 6.12. The Morgan fingerprint density at radius 1 is 0.613 bits per heavy atom. The molecule has 31 heavy (non-hydrogen) atoms. The number of methoxy groups -OCH3 is 3. The molecule has 0 N–H and O–H groups in total. The van der Waals surface area contributed by atoms with E-state index in [-0.39, 0.29) is 0 Å². The van der Waals surface area contributed by atoms with Gasteiger partial charge in [0.1, 0.15) is 5.75 Å².